The standard InChI is InChI=1S/C18H14O2Se/c1-20-18(19)17-16(14-10-6-3-7-11-14)15(12-21-17)13-8-4-2-5-9-13/h2-12H,1H3. The minimum absolute atomic E-state index is 0.00342. The molecule has 0 atom stereocenters. The SMILES string of the molecule is COC(=O)c1[se]cc(-c2ccccc2)c1-c1ccccc1. The first kappa shape index (κ1) is 13.9. The topological polar surface area (TPSA) is 26.3 Å². The summed E-state index contributed by atoms with van der Waals surface area (Å²) in [7, 11) is 1.44. The van der Waals surface area contributed by atoms with Crippen molar-refractivity contribution in [2.24, 2.45) is 0 Å². The molecule has 2 nitrogen and oxygen atoms in total. The molecule has 0 aliphatic carbocycles. The molecule has 0 unspecified atom stereocenters. The van der Waals surface area contributed by atoms with Crippen molar-refractivity contribution in [1.29, 1.82) is 0 Å². The molecule has 0 aliphatic heterocycles. The Kier molecular flexibility index (Phi) is 4.05. The predicted molar refractivity (Wildman–Crippen MR) is 85.6 cm³/mol. The van der Waals surface area contributed by atoms with Crippen molar-refractivity contribution in [2.75, 3.05) is 7.11 Å². The second kappa shape index (κ2) is 6.13. The summed E-state index contributed by atoms with van der Waals surface area (Å²) in [5.74, 6) is -0.226. The molecule has 0 N–H and O–H groups in total. The normalized spacial score (nSPS) is 10.3. The number of esters is 1. The number of carbonyl (C=O) groups excluding carboxylic acids is 1. The number of benzene rings is 2. The van der Waals surface area contributed by atoms with Crippen LogP contribution in [0.5, 0.6) is 0 Å². The molecule has 0 fully saturated rings. The van der Waals surface area contributed by atoms with Crippen LogP contribution in [0.4, 0.5) is 0 Å². The van der Waals surface area contributed by atoms with E-state index >= 15 is 0 Å². The number of methoxy groups -OCH3 is 1. The van der Waals surface area contributed by atoms with Crippen LogP contribution in [-0.4, -0.2) is 27.6 Å². The summed E-state index contributed by atoms with van der Waals surface area (Å²) in [6.45, 7) is 0. The Morgan fingerprint density at radius 3 is 2.05 bits per heavy atom. The van der Waals surface area contributed by atoms with Gasteiger partial charge in [-0.2, -0.15) is 0 Å². The van der Waals surface area contributed by atoms with E-state index in [1.807, 2.05) is 48.5 Å². The molecule has 0 saturated carbocycles. The molecule has 21 heavy (non-hydrogen) atoms. The fourth-order valence-electron chi connectivity index (χ4n) is 2.32. The molecule has 0 aliphatic rings. The Morgan fingerprint density at radius 1 is 0.905 bits per heavy atom. The van der Waals surface area contributed by atoms with Crippen LogP contribution in [0.1, 0.15) is 9.23 Å². The van der Waals surface area contributed by atoms with Crippen LogP contribution < -0.4 is 0 Å². The van der Waals surface area contributed by atoms with Gasteiger partial charge in [0, 0.05) is 0 Å². The zero-order valence-electron chi connectivity index (χ0n) is 11.6. The van der Waals surface area contributed by atoms with Crippen molar-refractivity contribution in [3.05, 3.63) is 70.0 Å². The van der Waals surface area contributed by atoms with E-state index in [1.165, 1.54) is 7.11 Å². The third-order valence-electron chi connectivity index (χ3n) is 3.31. The predicted octanol–water partition coefficient (Wildman–Crippen LogP) is 3.86. The first-order valence-electron chi connectivity index (χ1n) is 6.62. The molecule has 104 valence electrons. The van der Waals surface area contributed by atoms with Crippen LogP contribution in [0.3, 0.4) is 0 Å². The fraction of sp³-hybridized carbons (Fsp3) is 0.0556. The molecule has 3 rings (SSSR count). The van der Waals surface area contributed by atoms with Crippen LogP contribution in [0.2, 0.25) is 0 Å². The molecular formula is C18H14O2Se. The molecular weight excluding hydrogens is 327 g/mol. The summed E-state index contributed by atoms with van der Waals surface area (Å²) in [6.07, 6.45) is 0. The summed E-state index contributed by atoms with van der Waals surface area (Å²) in [6, 6.07) is 20.2. The summed E-state index contributed by atoms with van der Waals surface area (Å²) >= 11 is 0.00342. The average molecular weight is 341 g/mol. The van der Waals surface area contributed by atoms with Crippen molar-refractivity contribution in [2.45, 2.75) is 0 Å². The maximum absolute atomic E-state index is 12.1. The molecule has 0 saturated heterocycles. The van der Waals surface area contributed by atoms with E-state index in [9.17, 15) is 4.79 Å². The Labute approximate surface area is 129 Å². The molecule has 3 aromatic rings. The minimum atomic E-state index is -0.226. The van der Waals surface area contributed by atoms with Gasteiger partial charge in [-0.25, -0.2) is 0 Å². The number of ether oxygens (including phenoxy) is 1. The zero-order chi connectivity index (χ0) is 14.7. The zero-order valence-corrected chi connectivity index (χ0v) is 13.3. The fourth-order valence-corrected chi connectivity index (χ4v) is 4.45. The number of rotatable bonds is 3. The third kappa shape index (κ3) is 2.71. The molecule has 1 aromatic heterocycles. The van der Waals surface area contributed by atoms with Gasteiger partial charge in [-0.15, -0.1) is 0 Å². The van der Waals surface area contributed by atoms with Crippen LogP contribution >= 0.6 is 0 Å². The Hall–Kier alpha value is -2.09. The van der Waals surface area contributed by atoms with E-state index in [1.54, 1.807) is 0 Å². The second-order valence-electron chi connectivity index (χ2n) is 4.58. The molecule has 0 radical (unpaired) electrons. The van der Waals surface area contributed by atoms with Crippen LogP contribution in [0.25, 0.3) is 22.3 Å². The average Bonchev–Trinajstić information content (AvgIpc) is 3.00. The van der Waals surface area contributed by atoms with Gasteiger partial charge in [-0.05, 0) is 0 Å². The first-order valence-corrected chi connectivity index (χ1v) is 8.46. The maximum atomic E-state index is 12.1. The molecule has 3 heteroatoms. The number of hydrogen-bond donors (Lipinski definition) is 0. The summed E-state index contributed by atoms with van der Waals surface area (Å²) in [5.41, 5.74) is 4.33. The molecule has 1 heterocycles. The first-order chi connectivity index (χ1) is 10.3. The van der Waals surface area contributed by atoms with E-state index in [2.05, 4.69) is 17.1 Å². The van der Waals surface area contributed by atoms with Gasteiger partial charge in [0.2, 0.25) is 0 Å². The Balaban J connectivity index is 2.23. The molecule has 0 bridgehead atoms. The van der Waals surface area contributed by atoms with Crippen LogP contribution in [0.15, 0.2) is 65.6 Å². The van der Waals surface area contributed by atoms with Gasteiger partial charge in [0.1, 0.15) is 0 Å². The Morgan fingerprint density at radius 2 is 1.48 bits per heavy atom. The van der Waals surface area contributed by atoms with Crippen molar-refractivity contribution >= 4 is 20.5 Å². The van der Waals surface area contributed by atoms with Gasteiger partial charge in [0.25, 0.3) is 0 Å². The van der Waals surface area contributed by atoms with Gasteiger partial charge in [-0.3, -0.25) is 0 Å². The van der Waals surface area contributed by atoms with Crippen molar-refractivity contribution in [3.63, 3.8) is 0 Å². The van der Waals surface area contributed by atoms with Gasteiger partial charge >= 0.3 is 129 Å². The summed E-state index contributed by atoms with van der Waals surface area (Å²) in [4.78, 5) is 14.2. The van der Waals surface area contributed by atoms with E-state index in [0.29, 0.717) is 0 Å². The van der Waals surface area contributed by atoms with E-state index in [0.717, 1.165) is 26.7 Å². The van der Waals surface area contributed by atoms with Crippen molar-refractivity contribution in [1.82, 2.24) is 0 Å². The molecule has 2 aromatic carbocycles. The van der Waals surface area contributed by atoms with E-state index in [4.69, 9.17) is 4.74 Å². The number of carbonyl (C=O) groups is 1. The quantitative estimate of drug-likeness (QED) is 0.534. The Bertz CT molecular complexity index is 745. The van der Waals surface area contributed by atoms with Crippen LogP contribution in [0, 0.1) is 0 Å². The van der Waals surface area contributed by atoms with Crippen molar-refractivity contribution < 1.29 is 9.53 Å². The molecule has 0 amide bonds. The van der Waals surface area contributed by atoms with Crippen LogP contribution in [-0.2, 0) is 4.74 Å². The van der Waals surface area contributed by atoms with Gasteiger partial charge in [0.05, 0.1) is 0 Å². The molecule has 0 spiro atoms. The summed E-state index contributed by atoms with van der Waals surface area (Å²) in [5, 5.41) is 0. The third-order valence-corrected chi connectivity index (χ3v) is 5.32. The van der Waals surface area contributed by atoms with Crippen molar-refractivity contribution in [3.8, 4) is 22.3 Å². The second-order valence-corrected chi connectivity index (χ2v) is 6.42. The van der Waals surface area contributed by atoms with Gasteiger partial charge < -0.3 is 0 Å². The monoisotopic (exact) mass is 342 g/mol. The van der Waals surface area contributed by atoms with E-state index in [-0.39, 0.29) is 20.5 Å². The summed E-state index contributed by atoms with van der Waals surface area (Å²) < 4.78 is 5.74. The van der Waals surface area contributed by atoms with E-state index < -0.39 is 0 Å². The number of hydrogen-bond acceptors (Lipinski definition) is 2. The van der Waals surface area contributed by atoms with Gasteiger partial charge in [-0.1, -0.05) is 0 Å². The van der Waals surface area contributed by atoms with Gasteiger partial charge in [0.15, 0.2) is 0 Å².